The van der Waals surface area contributed by atoms with Gasteiger partial charge in [-0.25, -0.2) is 0 Å². The summed E-state index contributed by atoms with van der Waals surface area (Å²) in [6, 6.07) is 6.80. The summed E-state index contributed by atoms with van der Waals surface area (Å²) in [6.45, 7) is 1.74. The van der Waals surface area contributed by atoms with Gasteiger partial charge < -0.3 is 9.47 Å². The first-order chi connectivity index (χ1) is 8.86. The Kier molecular flexibility index (Phi) is 3.41. The van der Waals surface area contributed by atoms with Gasteiger partial charge >= 0.3 is 0 Å². The second-order valence-electron chi connectivity index (χ2n) is 5.29. The fraction of sp³-hybridized carbons (Fsp3) is 0.600. The van der Waals surface area contributed by atoms with Gasteiger partial charge in [0.25, 0.3) is 0 Å². The minimum Gasteiger partial charge on any atom is -0.497 e. The van der Waals surface area contributed by atoms with Gasteiger partial charge in [-0.15, -0.1) is 0 Å². The molecule has 1 saturated carbocycles. The Morgan fingerprint density at radius 2 is 2.06 bits per heavy atom. The van der Waals surface area contributed by atoms with Crippen LogP contribution in [0.1, 0.15) is 37.7 Å². The molecule has 0 N–H and O–H groups in total. The largest absolute Gasteiger partial charge is 0.497 e. The predicted molar refractivity (Wildman–Crippen MR) is 70.9 cm³/mol. The van der Waals surface area contributed by atoms with Crippen LogP contribution in [-0.4, -0.2) is 24.8 Å². The van der Waals surface area contributed by atoms with Gasteiger partial charge in [-0.2, -0.15) is 0 Å². The molecule has 98 valence electrons. The van der Waals surface area contributed by atoms with Gasteiger partial charge in [0.05, 0.1) is 7.11 Å². The van der Waals surface area contributed by atoms with E-state index in [1.807, 2.05) is 12.1 Å². The molecule has 0 saturated heterocycles. The second kappa shape index (κ2) is 5.19. The van der Waals surface area contributed by atoms with E-state index >= 15 is 0 Å². The van der Waals surface area contributed by atoms with Gasteiger partial charge in [-0.1, -0.05) is 19.3 Å². The fourth-order valence-electron chi connectivity index (χ4n) is 3.04. The Morgan fingerprint density at radius 1 is 1.22 bits per heavy atom. The minimum absolute atomic E-state index is 0.707. The number of hydrogen-bond acceptors (Lipinski definition) is 3. The zero-order valence-electron chi connectivity index (χ0n) is 11.0. The number of fused-ring (bicyclic) bond motifs is 1. The Labute approximate surface area is 109 Å². The van der Waals surface area contributed by atoms with Crippen molar-refractivity contribution in [1.29, 1.82) is 0 Å². The van der Waals surface area contributed by atoms with Crippen LogP contribution in [0.3, 0.4) is 0 Å². The van der Waals surface area contributed by atoms with Crippen molar-refractivity contribution in [3.05, 3.63) is 23.8 Å². The molecule has 0 aromatic heterocycles. The van der Waals surface area contributed by atoms with Crippen LogP contribution in [0.2, 0.25) is 0 Å². The van der Waals surface area contributed by atoms with Crippen molar-refractivity contribution < 1.29 is 9.47 Å². The van der Waals surface area contributed by atoms with Gasteiger partial charge in [0.15, 0.2) is 0 Å². The lowest BCUT2D eigenvalue weighted by molar-refractivity contribution is 0.0402. The van der Waals surface area contributed by atoms with Crippen molar-refractivity contribution in [1.82, 2.24) is 4.90 Å². The molecule has 3 nitrogen and oxygen atoms in total. The average molecular weight is 247 g/mol. The SMILES string of the molecule is COc1ccc2c(c1)CN(C1CCCCC1)CO2. The molecule has 0 spiro atoms. The van der Waals surface area contributed by atoms with Crippen LogP contribution in [0.25, 0.3) is 0 Å². The maximum absolute atomic E-state index is 5.86. The fourth-order valence-corrected chi connectivity index (χ4v) is 3.04. The maximum Gasteiger partial charge on any atom is 0.142 e. The van der Waals surface area contributed by atoms with Crippen LogP contribution in [0, 0.1) is 0 Å². The van der Waals surface area contributed by atoms with E-state index in [9.17, 15) is 0 Å². The molecule has 1 heterocycles. The quantitative estimate of drug-likeness (QED) is 0.801. The molecule has 0 bridgehead atoms. The third-order valence-corrected chi connectivity index (χ3v) is 4.12. The molecule has 0 atom stereocenters. The molecule has 1 aliphatic heterocycles. The molecule has 1 aliphatic carbocycles. The third-order valence-electron chi connectivity index (χ3n) is 4.12. The van der Waals surface area contributed by atoms with E-state index in [4.69, 9.17) is 9.47 Å². The van der Waals surface area contributed by atoms with Gasteiger partial charge in [0.2, 0.25) is 0 Å². The highest BCUT2D eigenvalue weighted by Gasteiger charge is 2.25. The second-order valence-corrected chi connectivity index (χ2v) is 5.29. The van der Waals surface area contributed by atoms with E-state index < -0.39 is 0 Å². The molecular formula is C15H21NO2. The van der Waals surface area contributed by atoms with Crippen LogP contribution >= 0.6 is 0 Å². The third kappa shape index (κ3) is 2.32. The summed E-state index contributed by atoms with van der Waals surface area (Å²) in [6.07, 6.45) is 6.78. The number of benzene rings is 1. The molecule has 18 heavy (non-hydrogen) atoms. The summed E-state index contributed by atoms with van der Waals surface area (Å²) in [5.41, 5.74) is 1.26. The minimum atomic E-state index is 0.707. The Bertz CT molecular complexity index is 413. The smallest absolute Gasteiger partial charge is 0.142 e. The summed E-state index contributed by atoms with van der Waals surface area (Å²) < 4.78 is 11.1. The molecule has 2 aliphatic rings. The highest BCUT2D eigenvalue weighted by atomic mass is 16.5. The summed E-state index contributed by atoms with van der Waals surface area (Å²) in [4.78, 5) is 2.47. The van der Waals surface area contributed by atoms with Crippen molar-refractivity contribution >= 4 is 0 Å². The highest BCUT2D eigenvalue weighted by molar-refractivity contribution is 5.41. The number of rotatable bonds is 2. The van der Waals surface area contributed by atoms with Crippen LogP contribution in [-0.2, 0) is 6.54 Å². The zero-order chi connectivity index (χ0) is 12.4. The highest BCUT2D eigenvalue weighted by Crippen LogP contribution is 2.32. The average Bonchev–Trinajstić information content (AvgIpc) is 2.47. The predicted octanol–water partition coefficient (Wildman–Crippen LogP) is 3.18. The van der Waals surface area contributed by atoms with E-state index in [0.717, 1.165) is 24.8 Å². The van der Waals surface area contributed by atoms with Crippen molar-refractivity contribution in [3.8, 4) is 11.5 Å². The normalized spacial score (nSPS) is 21.2. The number of methoxy groups -OCH3 is 1. The lowest BCUT2D eigenvalue weighted by Crippen LogP contribution is -2.41. The van der Waals surface area contributed by atoms with Crippen molar-refractivity contribution in [2.45, 2.75) is 44.7 Å². The number of nitrogens with zero attached hydrogens (tertiary/aromatic N) is 1. The van der Waals surface area contributed by atoms with Crippen LogP contribution < -0.4 is 9.47 Å². The van der Waals surface area contributed by atoms with Crippen molar-refractivity contribution in [3.63, 3.8) is 0 Å². The van der Waals surface area contributed by atoms with Gasteiger partial charge in [-0.3, -0.25) is 4.90 Å². The zero-order valence-corrected chi connectivity index (χ0v) is 11.0. The molecule has 3 heteroatoms. The van der Waals surface area contributed by atoms with Crippen LogP contribution in [0.5, 0.6) is 11.5 Å². The lowest BCUT2D eigenvalue weighted by atomic mass is 9.94. The molecule has 3 rings (SSSR count). The lowest BCUT2D eigenvalue weighted by Gasteiger charge is -2.37. The standard InChI is InChI=1S/C15H21NO2/c1-17-14-7-8-15-12(9-14)10-16(11-18-15)13-5-3-2-4-6-13/h7-9,13H,2-6,10-11H2,1H3. The molecule has 0 unspecified atom stereocenters. The monoisotopic (exact) mass is 247 g/mol. The Hall–Kier alpha value is -1.22. The van der Waals surface area contributed by atoms with Crippen molar-refractivity contribution in [2.75, 3.05) is 13.8 Å². The molecule has 0 radical (unpaired) electrons. The molecule has 0 amide bonds. The summed E-state index contributed by atoms with van der Waals surface area (Å²) in [7, 11) is 1.71. The number of hydrogen-bond donors (Lipinski definition) is 0. The van der Waals surface area contributed by atoms with E-state index in [1.165, 1.54) is 37.7 Å². The Morgan fingerprint density at radius 3 is 2.83 bits per heavy atom. The van der Waals surface area contributed by atoms with Gasteiger partial charge in [0.1, 0.15) is 18.2 Å². The van der Waals surface area contributed by atoms with Crippen LogP contribution in [0.4, 0.5) is 0 Å². The summed E-state index contributed by atoms with van der Waals surface area (Å²) in [5, 5.41) is 0. The molecular weight excluding hydrogens is 226 g/mol. The summed E-state index contributed by atoms with van der Waals surface area (Å²) >= 11 is 0. The number of ether oxygens (including phenoxy) is 2. The first kappa shape index (κ1) is 11.8. The molecule has 1 aromatic carbocycles. The van der Waals surface area contributed by atoms with Gasteiger partial charge in [0, 0.05) is 18.2 Å². The first-order valence-corrected chi connectivity index (χ1v) is 6.90. The van der Waals surface area contributed by atoms with E-state index in [2.05, 4.69) is 11.0 Å². The van der Waals surface area contributed by atoms with Gasteiger partial charge in [-0.05, 0) is 31.0 Å². The topological polar surface area (TPSA) is 21.7 Å². The van der Waals surface area contributed by atoms with Crippen LogP contribution in [0.15, 0.2) is 18.2 Å². The van der Waals surface area contributed by atoms with E-state index in [-0.39, 0.29) is 0 Å². The Balaban J connectivity index is 1.74. The van der Waals surface area contributed by atoms with E-state index in [0.29, 0.717) is 6.04 Å². The first-order valence-electron chi connectivity index (χ1n) is 6.90. The van der Waals surface area contributed by atoms with E-state index in [1.54, 1.807) is 7.11 Å². The maximum atomic E-state index is 5.86. The molecule has 1 fully saturated rings. The molecule has 1 aromatic rings. The summed E-state index contributed by atoms with van der Waals surface area (Å²) in [5.74, 6) is 1.94. The van der Waals surface area contributed by atoms with Crippen molar-refractivity contribution in [2.24, 2.45) is 0 Å².